The zero-order valence-electron chi connectivity index (χ0n) is 10.6. The average Bonchev–Trinajstić information content (AvgIpc) is 2.89. The van der Waals surface area contributed by atoms with Crippen molar-refractivity contribution in [3.8, 4) is 11.4 Å². The molecule has 4 nitrogen and oxygen atoms in total. The monoisotopic (exact) mass is 261 g/mol. The molecule has 5 heteroatoms. The molecule has 1 aromatic heterocycles. The Labute approximate surface area is 110 Å². The molecule has 1 heterocycles. The second kappa shape index (κ2) is 5.09. The van der Waals surface area contributed by atoms with Crippen LogP contribution in [0.3, 0.4) is 0 Å². The largest absolute Gasteiger partial charge is 0.339 e. The van der Waals surface area contributed by atoms with Gasteiger partial charge in [0.2, 0.25) is 11.7 Å². The van der Waals surface area contributed by atoms with Gasteiger partial charge in [-0.3, -0.25) is 0 Å². The molecule has 0 bridgehead atoms. The molecule has 0 atom stereocenters. The molecule has 1 saturated carbocycles. The molecule has 19 heavy (non-hydrogen) atoms. The molecule has 100 valence electrons. The van der Waals surface area contributed by atoms with Crippen molar-refractivity contribution >= 4 is 0 Å². The number of rotatable bonds is 2. The van der Waals surface area contributed by atoms with Crippen LogP contribution in [0.4, 0.5) is 4.39 Å². The first-order chi connectivity index (χ1) is 9.24. The van der Waals surface area contributed by atoms with Crippen LogP contribution in [0, 0.1) is 5.82 Å². The Morgan fingerprint density at radius 2 is 1.89 bits per heavy atom. The van der Waals surface area contributed by atoms with Gasteiger partial charge in [-0.1, -0.05) is 17.3 Å². The van der Waals surface area contributed by atoms with Crippen LogP contribution in [0.2, 0.25) is 0 Å². The van der Waals surface area contributed by atoms with Gasteiger partial charge >= 0.3 is 0 Å². The summed E-state index contributed by atoms with van der Waals surface area (Å²) in [4.78, 5) is 4.33. The SMILES string of the molecule is NC1CCC(c2nc(-c3ccccc3F)no2)CC1. The standard InChI is InChI=1S/C14H16FN3O/c15-12-4-2-1-3-11(12)13-17-14(19-18-13)9-5-7-10(16)8-6-9/h1-4,9-10H,5-8,16H2. The summed E-state index contributed by atoms with van der Waals surface area (Å²) in [6.45, 7) is 0. The second-order valence-corrected chi connectivity index (χ2v) is 5.05. The Morgan fingerprint density at radius 3 is 2.63 bits per heavy atom. The molecule has 1 aliphatic carbocycles. The third-order valence-electron chi connectivity index (χ3n) is 3.68. The maximum absolute atomic E-state index is 13.6. The van der Waals surface area contributed by atoms with E-state index in [1.165, 1.54) is 6.07 Å². The lowest BCUT2D eigenvalue weighted by molar-refractivity contribution is 0.301. The smallest absolute Gasteiger partial charge is 0.230 e. The third-order valence-corrected chi connectivity index (χ3v) is 3.68. The molecule has 0 radical (unpaired) electrons. The van der Waals surface area contributed by atoms with Crippen LogP contribution in [0.15, 0.2) is 28.8 Å². The van der Waals surface area contributed by atoms with Crippen molar-refractivity contribution in [2.45, 2.75) is 37.6 Å². The highest BCUT2D eigenvalue weighted by Crippen LogP contribution is 2.32. The van der Waals surface area contributed by atoms with Gasteiger partial charge in [-0.15, -0.1) is 0 Å². The van der Waals surface area contributed by atoms with Crippen LogP contribution in [-0.4, -0.2) is 16.2 Å². The van der Waals surface area contributed by atoms with Crippen molar-refractivity contribution in [1.29, 1.82) is 0 Å². The summed E-state index contributed by atoms with van der Waals surface area (Å²) in [5.41, 5.74) is 6.25. The van der Waals surface area contributed by atoms with E-state index in [0.717, 1.165) is 25.7 Å². The van der Waals surface area contributed by atoms with Gasteiger partial charge < -0.3 is 10.3 Å². The van der Waals surface area contributed by atoms with Crippen molar-refractivity contribution in [1.82, 2.24) is 10.1 Å². The fourth-order valence-corrected chi connectivity index (χ4v) is 2.52. The molecule has 3 rings (SSSR count). The van der Waals surface area contributed by atoms with Crippen molar-refractivity contribution < 1.29 is 8.91 Å². The van der Waals surface area contributed by atoms with Crippen LogP contribution in [-0.2, 0) is 0 Å². The van der Waals surface area contributed by atoms with E-state index in [0.29, 0.717) is 17.3 Å². The fourth-order valence-electron chi connectivity index (χ4n) is 2.52. The normalized spacial score (nSPS) is 23.5. The summed E-state index contributed by atoms with van der Waals surface area (Å²) >= 11 is 0. The first kappa shape index (κ1) is 12.3. The van der Waals surface area contributed by atoms with E-state index in [1.54, 1.807) is 18.2 Å². The van der Waals surface area contributed by atoms with Crippen LogP contribution in [0.1, 0.15) is 37.5 Å². The van der Waals surface area contributed by atoms with Gasteiger partial charge in [0, 0.05) is 12.0 Å². The number of aromatic nitrogens is 2. The Kier molecular flexibility index (Phi) is 3.29. The lowest BCUT2D eigenvalue weighted by Crippen LogP contribution is -2.25. The number of nitrogens with two attached hydrogens (primary N) is 1. The molecule has 2 N–H and O–H groups in total. The first-order valence-electron chi connectivity index (χ1n) is 6.58. The summed E-state index contributed by atoms with van der Waals surface area (Å²) < 4.78 is 18.9. The quantitative estimate of drug-likeness (QED) is 0.902. The van der Waals surface area contributed by atoms with Gasteiger partial charge in [-0.25, -0.2) is 4.39 Å². The summed E-state index contributed by atoms with van der Waals surface area (Å²) in [7, 11) is 0. The van der Waals surface area contributed by atoms with Crippen LogP contribution >= 0.6 is 0 Å². The van der Waals surface area contributed by atoms with E-state index in [9.17, 15) is 4.39 Å². The van der Waals surface area contributed by atoms with E-state index in [-0.39, 0.29) is 17.8 Å². The Morgan fingerprint density at radius 1 is 1.16 bits per heavy atom. The van der Waals surface area contributed by atoms with Crippen LogP contribution in [0.5, 0.6) is 0 Å². The number of halogens is 1. The van der Waals surface area contributed by atoms with Gasteiger partial charge in [0.15, 0.2) is 0 Å². The number of hydrogen-bond acceptors (Lipinski definition) is 4. The van der Waals surface area contributed by atoms with E-state index in [4.69, 9.17) is 10.3 Å². The van der Waals surface area contributed by atoms with Gasteiger partial charge in [-0.05, 0) is 37.8 Å². The zero-order valence-corrected chi connectivity index (χ0v) is 10.6. The number of benzene rings is 1. The average molecular weight is 261 g/mol. The minimum absolute atomic E-state index is 0.257. The predicted molar refractivity (Wildman–Crippen MR) is 68.9 cm³/mol. The molecular formula is C14H16FN3O. The lowest BCUT2D eigenvalue weighted by atomic mass is 9.86. The molecule has 0 aliphatic heterocycles. The van der Waals surface area contributed by atoms with Crippen molar-refractivity contribution in [3.63, 3.8) is 0 Å². The molecule has 0 spiro atoms. The highest BCUT2D eigenvalue weighted by molar-refractivity contribution is 5.54. The van der Waals surface area contributed by atoms with Gasteiger partial charge in [0.1, 0.15) is 5.82 Å². The second-order valence-electron chi connectivity index (χ2n) is 5.05. The molecule has 2 aromatic rings. The van der Waals surface area contributed by atoms with E-state index in [2.05, 4.69) is 10.1 Å². The summed E-state index contributed by atoms with van der Waals surface area (Å²) in [6.07, 6.45) is 3.87. The summed E-state index contributed by atoms with van der Waals surface area (Å²) in [5.74, 6) is 0.849. The minimum atomic E-state index is -0.333. The summed E-state index contributed by atoms with van der Waals surface area (Å²) in [6, 6.07) is 6.73. The van der Waals surface area contributed by atoms with E-state index in [1.807, 2.05) is 0 Å². The first-order valence-corrected chi connectivity index (χ1v) is 6.58. The fraction of sp³-hybridized carbons (Fsp3) is 0.429. The Bertz CT molecular complexity index is 561. The molecule has 0 saturated heterocycles. The molecule has 0 unspecified atom stereocenters. The number of hydrogen-bond donors (Lipinski definition) is 1. The third kappa shape index (κ3) is 2.51. The van der Waals surface area contributed by atoms with Gasteiger partial charge in [0.25, 0.3) is 0 Å². The lowest BCUT2D eigenvalue weighted by Gasteiger charge is -2.22. The van der Waals surface area contributed by atoms with Crippen molar-refractivity contribution in [2.24, 2.45) is 5.73 Å². The highest BCUT2D eigenvalue weighted by Gasteiger charge is 2.25. The van der Waals surface area contributed by atoms with Crippen molar-refractivity contribution in [2.75, 3.05) is 0 Å². The van der Waals surface area contributed by atoms with E-state index < -0.39 is 0 Å². The maximum atomic E-state index is 13.6. The maximum Gasteiger partial charge on any atom is 0.230 e. The molecule has 1 aromatic carbocycles. The van der Waals surface area contributed by atoms with E-state index >= 15 is 0 Å². The molecule has 1 aliphatic rings. The van der Waals surface area contributed by atoms with Gasteiger partial charge in [-0.2, -0.15) is 4.98 Å². The van der Waals surface area contributed by atoms with Gasteiger partial charge in [0.05, 0.1) is 5.56 Å². The molecule has 0 amide bonds. The Balaban J connectivity index is 1.82. The minimum Gasteiger partial charge on any atom is -0.339 e. The highest BCUT2D eigenvalue weighted by atomic mass is 19.1. The predicted octanol–water partition coefficient (Wildman–Crippen LogP) is 2.86. The molecular weight excluding hydrogens is 245 g/mol. The van der Waals surface area contributed by atoms with Crippen LogP contribution < -0.4 is 5.73 Å². The number of nitrogens with zero attached hydrogens (tertiary/aromatic N) is 2. The van der Waals surface area contributed by atoms with Crippen LogP contribution in [0.25, 0.3) is 11.4 Å². The summed E-state index contributed by atoms with van der Waals surface area (Å²) in [5, 5.41) is 3.88. The Hall–Kier alpha value is -1.75. The zero-order chi connectivity index (χ0) is 13.2. The molecule has 1 fully saturated rings. The van der Waals surface area contributed by atoms with Crippen molar-refractivity contribution in [3.05, 3.63) is 36.0 Å². The topological polar surface area (TPSA) is 64.9 Å².